The lowest BCUT2D eigenvalue weighted by Gasteiger charge is -2.31. The minimum absolute atomic E-state index is 0.254. The number of anilines is 2. The summed E-state index contributed by atoms with van der Waals surface area (Å²) in [6, 6.07) is 8.73. The van der Waals surface area contributed by atoms with Gasteiger partial charge in [-0.05, 0) is 61.3 Å². The van der Waals surface area contributed by atoms with Crippen molar-refractivity contribution in [2.24, 2.45) is 0 Å². The monoisotopic (exact) mass is 338 g/mol. The topological polar surface area (TPSA) is 61.3 Å². The van der Waals surface area contributed by atoms with Crippen molar-refractivity contribution in [2.45, 2.75) is 51.2 Å². The van der Waals surface area contributed by atoms with E-state index in [9.17, 15) is 5.11 Å². The van der Waals surface area contributed by atoms with Crippen molar-refractivity contribution >= 4 is 11.8 Å². The van der Waals surface area contributed by atoms with Gasteiger partial charge in [-0.15, -0.1) is 0 Å². The van der Waals surface area contributed by atoms with E-state index >= 15 is 0 Å². The van der Waals surface area contributed by atoms with E-state index in [4.69, 9.17) is 0 Å². The van der Waals surface area contributed by atoms with Crippen LogP contribution in [-0.4, -0.2) is 34.3 Å². The number of aryl methyl sites for hydroxylation is 2. The Labute approximate surface area is 149 Å². The molecule has 2 aromatic rings. The lowest BCUT2D eigenvalue weighted by Crippen LogP contribution is -2.38. The second-order valence-electron chi connectivity index (χ2n) is 7.14. The lowest BCUT2D eigenvalue weighted by atomic mass is 9.90. The van der Waals surface area contributed by atoms with Gasteiger partial charge in [0.05, 0.1) is 6.10 Å². The summed E-state index contributed by atoms with van der Waals surface area (Å²) < 4.78 is 0. The number of nitrogens with zero attached hydrogens (tertiary/aromatic N) is 3. The summed E-state index contributed by atoms with van der Waals surface area (Å²) in [6.45, 7) is 2.33. The fourth-order valence-corrected chi connectivity index (χ4v) is 3.85. The Hall–Kier alpha value is -2.14. The van der Waals surface area contributed by atoms with Gasteiger partial charge in [0.2, 0.25) is 5.95 Å². The molecule has 4 rings (SSSR count). The number of rotatable bonds is 4. The van der Waals surface area contributed by atoms with E-state index in [-0.39, 0.29) is 6.10 Å². The maximum atomic E-state index is 9.86. The molecular weight excluding hydrogens is 312 g/mol. The molecule has 1 aliphatic heterocycles. The van der Waals surface area contributed by atoms with Crippen LogP contribution in [0.5, 0.6) is 0 Å². The van der Waals surface area contributed by atoms with Gasteiger partial charge >= 0.3 is 0 Å². The normalized spacial score (nSPS) is 20.2. The van der Waals surface area contributed by atoms with Crippen LogP contribution in [0.15, 0.2) is 30.5 Å². The summed E-state index contributed by atoms with van der Waals surface area (Å²) >= 11 is 0. The molecule has 2 aliphatic rings. The van der Waals surface area contributed by atoms with Crippen molar-refractivity contribution in [1.82, 2.24) is 9.97 Å². The Bertz CT molecular complexity index is 733. The number of aliphatic hydroxyl groups excluding tert-OH is 1. The van der Waals surface area contributed by atoms with Gasteiger partial charge in [0, 0.05) is 25.8 Å². The Morgan fingerprint density at radius 3 is 2.88 bits per heavy atom. The van der Waals surface area contributed by atoms with Gasteiger partial charge < -0.3 is 15.3 Å². The molecule has 2 heterocycles. The van der Waals surface area contributed by atoms with Crippen molar-refractivity contribution in [3.05, 3.63) is 47.2 Å². The maximum absolute atomic E-state index is 9.86. The van der Waals surface area contributed by atoms with E-state index in [2.05, 4.69) is 38.4 Å². The summed E-state index contributed by atoms with van der Waals surface area (Å²) in [5.41, 5.74) is 4.29. The largest absolute Gasteiger partial charge is 0.391 e. The Balaban J connectivity index is 1.42. The molecule has 25 heavy (non-hydrogen) atoms. The number of aliphatic hydroxyl groups is 1. The van der Waals surface area contributed by atoms with E-state index in [1.54, 1.807) is 6.20 Å². The molecule has 5 heteroatoms. The van der Waals surface area contributed by atoms with Crippen LogP contribution in [0.2, 0.25) is 0 Å². The van der Waals surface area contributed by atoms with Crippen LogP contribution in [0.25, 0.3) is 0 Å². The lowest BCUT2D eigenvalue weighted by molar-refractivity contribution is 0.154. The van der Waals surface area contributed by atoms with Gasteiger partial charge in [-0.3, -0.25) is 0 Å². The molecule has 1 aliphatic carbocycles. The number of β-amino-alcohol motifs (C(OH)–C–C–N with tert-alkyl or cyclic N) is 1. The molecule has 0 bridgehead atoms. The molecule has 1 fully saturated rings. The fraction of sp³-hybridized carbons (Fsp3) is 0.500. The van der Waals surface area contributed by atoms with E-state index in [0.717, 1.165) is 31.7 Å². The second-order valence-corrected chi connectivity index (χ2v) is 7.14. The highest BCUT2D eigenvalue weighted by molar-refractivity contribution is 5.43. The summed E-state index contributed by atoms with van der Waals surface area (Å²) in [7, 11) is 0. The van der Waals surface area contributed by atoms with Gasteiger partial charge in [-0.1, -0.05) is 18.2 Å². The summed E-state index contributed by atoms with van der Waals surface area (Å²) in [6.07, 6.45) is 8.46. The van der Waals surface area contributed by atoms with Crippen molar-refractivity contribution in [1.29, 1.82) is 0 Å². The van der Waals surface area contributed by atoms with Crippen molar-refractivity contribution in [3.63, 3.8) is 0 Å². The molecule has 0 saturated carbocycles. The third kappa shape index (κ3) is 3.93. The van der Waals surface area contributed by atoms with Gasteiger partial charge in [0.1, 0.15) is 5.82 Å². The number of benzene rings is 1. The van der Waals surface area contributed by atoms with Crippen molar-refractivity contribution in [3.8, 4) is 0 Å². The molecule has 1 saturated heterocycles. The zero-order valence-electron chi connectivity index (χ0n) is 14.6. The molecule has 1 atom stereocenters. The number of hydrogen-bond donors (Lipinski definition) is 2. The highest BCUT2D eigenvalue weighted by Crippen LogP contribution is 2.23. The van der Waals surface area contributed by atoms with E-state index < -0.39 is 0 Å². The van der Waals surface area contributed by atoms with Gasteiger partial charge in [0.25, 0.3) is 0 Å². The first kappa shape index (κ1) is 16.3. The van der Waals surface area contributed by atoms with Crippen LogP contribution in [0.3, 0.4) is 0 Å². The van der Waals surface area contributed by atoms with Crippen LogP contribution >= 0.6 is 0 Å². The molecule has 1 aromatic heterocycles. The third-order valence-electron chi connectivity index (χ3n) is 5.22. The number of fused-ring (bicyclic) bond motifs is 1. The first-order valence-corrected chi connectivity index (χ1v) is 9.38. The molecule has 1 aromatic carbocycles. The minimum atomic E-state index is -0.254. The highest BCUT2D eigenvalue weighted by Gasteiger charge is 2.19. The minimum Gasteiger partial charge on any atom is -0.391 e. The van der Waals surface area contributed by atoms with Gasteiger partial charge in [-0.25, -0.2) is 4.98 Å². The number of piperidine rings is 1. The van der Waals surface area contributed by atoms with E-state index in [1.165, 1.54) is 42.4 Å². The molecule has 0 spiro atoms. The zero-order valence-corrected chi connectivity index (χ0v) is 14.6. The fourth-order valence-electron chi connectivity index (χ4n) is 3.85. The number of nitrogens with one attached hydrogen (secondary N) is 1. The SMILES string of the molecule is OC1CCCN(c2ccnc(NCc3ccc4c(c3)CCCC4)n2)C1. The molecule has 1 unspecified atom stereocenters. The first-order chi connectivity index (χ1) is 12.3. The Morgan fingerprint density at radius 2 is 2.00 bits per heavy atom. The quantitative estimate of drug-likeness (QED) is 0.897. The average molecular weight is 338 g/mol. The maximum Gasteiger partial charge on any atom is 0.224 e. The summed E-state index contributed by atoms with van der Waals surface area (Å²) in [4.78, 5) is 11.1. The van der Waals surface area contributed by atoms with Crippen LogP contribution in [-0.2, 0) is 19.4 Å². The number of aromatic nitrogens is 2. The molecule has 0 radical (unpaired) electrons. The standard InChI is InChI=1S/C20H26N4O/c25-18-6-3-11-24(14-18)19-9-10-21-20(23-19)22-13-15-7-8-16-4-1-2-5-17(16)12-15/h7-10,12,18,25H,1-6,11,13-14H2,(H,21,22,23). The Kier molecular flexibility index (Phi) is 4.83. The molecule has 132 valence electrons. The van der Waals surface area contributed by atoms with Crippen LogP contribution < -0.4 is 10.2 Å². The van der Waals surface area contributed by atoms with Crippen molar-refractivity contribution < 1.29 is 5.11 Å². The third-order valence-corrected chi connectivity index (χ3v) is 5.22. The molecular formula is C20H26N4O. The van der Waals surface area contributed by atoms with Gasteiger partial charge in [0.15, 0.2) is 0 Å². The predicted octanol–water partition coefficient (Wildman–Crippen LogP) is 2.93. The number of hydrogen-bond acceptors (Lipinski definition) is 5. The average Bonchev–Trinajstić information content (AvgIpc) is 2.66. The van der Waals surface area contributed by atoms with Crippen LogP contribution in [0, 0.1) is 0 Å². The molecule has 2 N–H and O–H groups in total. The highest BCUT2D eigenvalue weighted by atomic mass is 16.3. The molecule has 5 nitrogen and oxygen atoms in total. The Morgan fingerprint density at radius 1 is 1.12 bits per heavy atom. The van der Waals surface area contributed by atoms with Crippen molar-refractivity contribution in [2.75, 3.05) is 23.3 Å². The first-order valence-electron chi connectivity index (χ1n) is 9.38. The van der Waals surface area contributed by atoms with Crippen LogP contribution in [0.1, 0.15) is 42.4 Å². The van der Waals surface area contributed by atoms with Gasteiger partial charge in [-0.2, -0.15) is 4.98 Å². The summed E-state index contributed by atoms with van der Waals surface area (Å²) in [5, 5.41) is 13.2. The summed E-state index contributed by atoms with van der Waals surface area (Å²) in [5.74, 6) is 1.54. The second kappa shape index (κ2) is 7.40. The predicted molar refractivity (Wildman–Crippen MR) is 99.9 cm³/mol. The smallest absolute Gasteiger partial charge is 0.224 e. The zero-order chi connectivity index (χ0) is 17.1. The van der Waals surface area contributed by atoms with Crippen LogP contribution in [0.4, 0.5) is 11.8 Å². The van der Waals surface area contributed by atoms with E-state index in [0.29, 0.717) is 12.5 Å². The van der Waals surface area contributed by atoms with E-state index in [1.807, 2.05) is 6.07 Å². The molecule has 0 amide bonds.